The fraction of sp³-hybridized carbons (Fsp3) is 0. The van der Waals surface area contributed by atoms with E-state index in [0.717, 1.165) is 78.1 Å². The molecule has 0 aliphatic carbocycles. The van der Waals surface area contributed by atoms with Gasteiger partial charge >= 0.3 is 0 Å². The highest BCUT2D eigenvalue weighted by atomic mass is 15.0. The van der Waals surface area contributed by atoms with Crippen LogP contribution in [0.25, 0.3) is 101 Å². The zero-order valence-corrected chi connectivity index (χ0v) is 31.3. The highest BCUT2D eigenvalue weighted by Gasteiger charge is 2.16. The van der Waals surface area contributed by atoms with Gasteiger partial charge in [-0.15, -0.1) is 0 Å². The lowest BCUT2D eigenvalue weighted by molar-refractivity contribution is 1.07. The van der Waals surface area contributed by atoms with Gasteiger partial charge in [-0.3, -0.25) is 0 Å². The summed E-state index contributed by atoms with van der Waals surface area (Å²) >= 11 is 0. The van der Waals surface area contributed by atoms with Gasteiger partial charge in [0, 0.05) is 49.9 Å². The van der Waals surface area contributed by atoms with E-state index in [1.807, 2.05) is 97.1 Å². The summed E-state index contributed by atoms with van der Waals surface area (Å²) in [7, 11) is 0. The molecular formula is C52H34N6. The molecule has 6 nitrogen and oxygen atoms in total. The molecule has 0 N–H and O–H groups in total. The van der Waals surface area contributed by atoms with Gasteiger partial charge in [-0.2, -0.15) is 0 Å². The highest BCUT2D eigenvalue weighted by Crippen LogP contribution is 2.34. The number of aromatic nitrogens is 6. The number of fused-ring (bicyclic) bond motifs is 1. The van der Waals surface area contributed by atoms with E-state index in [9.17, 15) is 0 Å². The number of rotatable bonds is 8. The third-order valence-corrected chi connectivity index (χ3v) is 10.2. The lowest BCUT2D eigenvalue weighted by Crippen LogP contribution is -2.00. The number of nitrogens with zero attached hydrogens (tertiary/aromatic N) is 6. The Morgan fingerprint density at radius 1 is 0.224 bits per heavy atom. The third-order valence-electron chi connectivity index (χ3n) is 10.2. The van der Waals surface area contributed by atoms with E-state index in [0.29, 0.717) is 23.3 Å². The minimum Gasteiger partial charge on any atom is -0.247 e. The zero-order chi connectivity index (χ0) is 38.7. The van der Waals surface area contributed by atoms with Crippen molar-refractivity contribution in [2.75, 3.05) is 0 Å². The molecule has 58 heavy (non-hydrogen) atoms. The third kappa shape index (κ3) is 7.02. The SMILES string of the molecule is c1ccc(-c2cc(-c3ccccc3)nc(-c3ccc(-c4cc5ccccc5c(-c5ccc(-c6nc(-c7ccccc7)nc(-c7ccccc7)n6)cc5)n4)cc3)n2)cc1. The summed E-state index contributed by atoms with van der Waals surface area (Å²) in [4.78, 5) is 30.1. The molecule has 0 saturated heterocycles. The molecule has 0 aliphatic rings. The van der Waals surface area contributed by atoms with Crippen LogP contribution in [-0.2, 0) is 0 Å². The molecule has 6 heteroatoms. The second kappa shape index (κ2) is 15.3. The van der Waals surface area contributed by atoms with Gasteiger partial charge in [0.15, 0.2) is 23.3 Å². The number of hydrogen-bond donors (Lipinski definition) is 0. The van der Waals surface area contributed by atoms with Crippen molar-refractivity contribution in [2.45, 2.75) is 0 Å². The van der Waals surface area contributed by atoms with Crippen molar-refractivity contribution in [2.24, 2.45) is 0 Å². The van der Waals surface area contributed by atoms with E-state index in [1.165, 1.54) is 0 Å². The molecule has 0 amide bonds. The number of pyridine rings is 1. The minimum absolute atomic E-state index is 0.611. The quantitative estimate of drug-likeness (QED) is 0.154. The maximum absolute atomic E-state index is 5.29. The first kappa shape index (κ1) is 34.5. The first-order valence-electron chi connectivity index (χ1n) is 19.2. The van der Waals surface area contributed by atoms with E-state index in [-0.39, 0.29) is 0 Å². The topological polar surface area (TPSA) is 77.3 Å². The number of benzene rings is 7. The van der Waals surface area contributed by atoms with Crippen molar-refractivity contribution in [3.8, 4) is 90.6 Å². The highest BCUT2D eigenvalue weighted by molar-refractivity contribution is 5.97. The van der Waals surface area contributed by atoms with Crippen LogP contribution in [0, 0.1) is 0 Å². The van der Waals surface area contributed by atoms with E-state index in [4.69, 9.17) is 29.9 Å². The Bertz CT molecular complexity index is 2890. The predicted octanol–water partition coefficient (Wildman–Crippen LogP) is 12.5. The molecule has 10 rings (SSSR count). The zero-order valence-electron chi connectivity index (χ0n) is 31.3. The molecule has 0 atom stereocenters. The van der Waals surface area contributed by atoms with Crippen LogP contribution in [0.2, 0.25) is 0 Å². The minimum atomic E-state index is 0.611. The molecule has 0 aliphatic heterocycles. The summed E-state index contributed by atoms with van der Waals surface area (Å²) in [5.41, 5.74) is 11.3. The Hall–Kier alpha value is -7.96. The fourth-order valence-corrected chi connectivity index (χ4v) is 7.16. The fourth-order valence-electron chi connectivity index (χ4n) is 7.16. The van der Waals surface area contributed by atoms with Crippen molar-refractivity contribution in [1.29, 1.82) is 0 Å². The Morgan fingerprint density at radius 3 is 1.03 bits per heavy atom. The van der Waals surface area contributed by atoms with Crippen molar-refractivity contribution >= 4 is 10.8 Å². The lowest BCUT2D eigenvalue weighted by Gasteiger charge is -2.12. The monoisotopic (exact) mass is 742 g/mol. The smallest absolute Gasteiger partial charge is 0.164 e. The van der Waals surface area contributed by atoms with E-state index in [2.05, 4.69) is 109 Å². The van der Waals surface area contributed by atoms with Crippen LogP contribution >= 0.6 is 0 Å². The average molecular weight is 743 g/mol. The molecule has 0 unspecified atom stereocenters. The van der Waals surface area contributed by atoms with Crippen molar-refractivity contribution in [3.63, 3.8) is 0 Å². The molecule has 0 spiro atoms. The van der Waals surface area contributed by atoms with Crippen LogP contribution in [0.15, 0.2) is 206 Å². The van der Waals surface area contributed by atoms with Gasteiger partial charge in [-0.05, 0) is 17.5 Å². The van der Waals surface area contributed by atoms with Crippen LogP contribution in [0.1, 0.15) is 0 Å². The number of hydrogen-bond acceptors (Lipinski definition) is 6. The lowest BCUT2D eigenvalue weighted by atomic mass is 9.99. The van der Waals surface area contributed by atoms with Crippen molar-refractivity contribution in [3.05, 3.63) is 206 Å². The van der Waals surface area contributed by atoms with Crippen LogP contribution in [-0.4, -0.2) is 29.9 Å². The molecule has 7 aromatic carbocycles. The van der Waals surface area contributed by atoms with E-state index < -0.39 is 0 Å². The maximum Gasteiger partial charge on any atom is 0.164 e. The molecular weight excluding hydrogens is 709 g/mol. The Labute approximate surface area is 336 Å². The van der Waals surface area contributed by atoms with Gasteiger partial charge in [-0.25, -0.2) is 29.9 Å². The molecule has 272 valence electrons. The second-order valence-corrected chi connectivity index (χ2v) is 14.0. The van der Waals surface area contributed by atoms with Gasteiger partial charge in [0.2, 0.25) is 0 Å². The van der Waals surface area contributed by atoms with Gasteiger partial charge in [0.1, 0.15) is 0 Å². The molecule has 10 aromatic rings. The summed E-state index contributed by atoms with van der Waals surface area (Å²) in [5, 5.41) is 2.19. The van der Waals surface area contributed by atoms with Gasteiger partial charge in [-0.1, -0.05) is 194 Å². The summed E-state index contributed by atoms with van der Waals surface area (Å²) in [5.74, 6) is 2.54. The largest absolute Gasteiger partial charge is 0.247 e. The van der Waals surface area contributed by atoms with Crippen LogP contribution < -0.4 is 0 Å². The Kier molecular flexibility index (Phi) is 9.10. The predicted molar refractivity (Wildman–Crippen MR) is 234 cm³/mol. The molecule has 3 aromatic heterocycles. The molecule has 3 heterocycles. The standard InChI is InChI=1S/C52H34N6/c1-5-15-35(16-6-1)46-34-47(36-17-7-2-8-18-36)55-49(54-46)41-29-25-37(26-30-41)45-33-43-23-13-14-24-44(43)48(53-45)38-27-31-42(32-28-38)52-57-50(39-19-9-3-10-20-39)56-51(58-52)40-21-11-4-12-22-40/h1-34H. The molecule has 0 saturated carbocycles. The van der Waals surface area contributed by atoms with E-state index in [1.54, 1.807) is 0 Å². The van der Waals surface area contributed by atoms with Crippen molar-refractivity contribution < 1.29 is 0 Å². The van der Waals surface area contributed by atoms with E-state index >= 15 is 0 Å². The van der Waals surface area contributed by atoms with Crippen LogP contribution in [0.4, 0.5) is 0 Å². The van der Waals surface area contributed by atoms with Gasteiger partial charge < -0.3 is 0 Å². The summed E-state index contributed by atoms with van der Waals surface area (Å²) in [6.07, 6.45) is 0. The van der Waals surface area contributed by atoms with Gasteiger partial charge in [0.25, 0.3) is 0 Å². The molecule has 0 bridgehead atoms. The maximum atomic E-state index is 5.29. The molecule has 0 radical (unpaired) electrons. The summed E-state index contributed by atoms with van der Waals surface area (Å²) in [6, 6.07) is 69.9. The first-order valence-corrected chi connectivity index (χ1v) is 19.2. The van der Waals surface area contributed by atoms with Crippen LogP contribution in [0.3, 0.4) is 0 Å². The average Bonchev–Trinajstić information content (AvgIpc) is 3.32. The van der Waals surface area contributed by atoms with Crippen molar-refractivity contribution in [1.82, 2.24) is 29.9 Å². The summed E-state index contributed by atoms with van der Waals surface area (Å²) in [6.45, 7) is 0. The Morgan fingerprint density at radius 2 is 0.552 bits per heavy atom. The second-order valence-electron chi connectivity index (χ2n) is 14.0. The first-order chi connectivity index (χ1) is 28.7. The summed E-state index contributed by atoms with van der Waals surface area (Å²) < 4.78 is 0. The van der Waals surface area contributed by atoms with Crippen LogP contribution in [0.5, 0.6) is 0 Å². The normalized spacial score (nSPS) is 11.1. The van der Waals surface area contributed by atoms with Gasteiger partial charge in [0.05, 0.1) is 22.8 Å². The molecule has 0 fully saturated rings. The Balaban J connectivity index is 1.01.